The number of amides is 2. The van der Waals surface area contributed by atoms with Gasteiger partial charge in [-0.15, -0.1) is 0 Å². The number of rotatable bonds is 3. The lowest BCUT2D eigenvalue weighted by Gasteiger charge is -2.35. The molecule has 2 rings (SSSR count). The molecule has 1 aliphatic rings. The Morgan fingerprint density at radius 1 is 1.14 bits per heavy atom. The van der Waals surface area contributed by atoms with Crippen molar-refractivity contribution in [2.45, 2.75) is 33.6 Å². The van der Waals surface area contributed by atoms with Gasteiger partial charge in [-0.2, -0.15) is 0 Å². The van der Waals surface area contributed by atoms with E-state index in [1.807, 2.05) is 35.2 Å². The summed E-state index contributed by atoms with van der Waals surface area (Å²) in [6, 6.07) is 9.25. The molecule has 0 saturated carbocycles. The molecular weight excluding hydrogens is 264 g/mol. The van der Waals surface area contributed by atoms with Crippen LogP contribution in [0.2, 0.25) is 0 Å². The van der Waals surface area contributed by atoms with E-state index in [9.17, 15) is 9.59 Å². The van der Waals surface area contributed by atoms with Crippen LogP contribution in [0.15, 0.2) is 30.3 Å². The summed E-state index contributed by atoms with van der Waals surface area (Å²) in [6.07, 6.45) is 2.03. The lowest BCUT2D eigenvalue weighted by molar-refractivity contribution is -0.147. The number of anilines is 1. The standard InChI is InChI=1S/C17H24N2O2/c1-13-9-11-19(12-10-13)16(21)17(2,3)15(20)18-14-7-5-4-6-8-14/h4-8,13H,9-12H2,1-3H3,(H,18,20). The van der Waals surface area contributed by atoms with Crippen molar-refractivity contribution in [1.29, 1.82) is 0 Å². The number of nitrogens with one attached hydrogen (secondary N) is 1. The first-order valence-corrected chi connectivity index (χ1v) is 7.57. The minimum absolute atomic E-state index is 0.0807. The number of benzene rings is 1. The third-order valence-electron chi connectivity index (χ3n) is 4.20. The summed E-state index contributed by atoms with van der Waals surface area (Å²) in [7, 11) is 0. The van der Waals surface area contributed by atoms with E-state index in [0.29, 0.717) is 5.92 Å². The second kappa shape index (κ2) is 6.29. The van der Waals surface area contributed by atoms with E-state index < -0.39 is 5.41 Å². The highest BCUT2D eigenvalue weighted by Gasteiger charge is 2.39. The van der Waals surface area contributed by atoms with Crippen molar-refractivity contribution >= 4 is 17.5 Å². The number of para-hydroxylation sites is 1. The van der Waals surface area contributed by atoms with Crippen molar-refractivity contribution in [3.8, 4) is 0 Å². The lowest BCUT2D eigenvalue weighted by Crippen LogP contribution is -2.49. The zero-order valence-electron chi connectivity index (χ0n) is 13.1. The predicted molar refractivity (Wildman–Crippen MR) is 83.8 cm³/mol. The molecule has 4 heteroatoms. The smallest absolute Gasteiger partial charge is 0.239 e. The maximum Gasteiger partial charge on any atom is 0.239 e. The average Bonchev–Trinajstić information content (AvgIpc) is 2.48. The van der Waals surface area contributed by atoms with Gasteiger partial charge in [0.15, 0.2) is 0 Å². The van der Waals surface area contributed by atoms with Crippen LogP contribution in [0.1, 0.15) is 33.6 Å². The van der Waals surface area contributed by atoms with Crippen LogP contribution < -0.4 is 5.32 Å². The van der Waals surface area contributed by atoms with Crippen molar-refractivity contribution in [3.05, 3.63) is 30.3 Å². The molecule has 1 N–H and O–H groups in total. The zero-order valence-corrected chi connectivity index (χ0v) is 13.1. The summed E-state index contributed by atoms with van der Waals surface area (Å²) in [4.78, 5) is 26.9. The second-order valence-electron chi connectivity index (χ2n) is 6.42. The first-order chi connectivity index (χ1) is 9.91. The fraction of sp³-hybridized carbons (Fsp3) is 0.529. The van der Waals surface area contributed by atoms with Gasteiger partial charge < -0.3 is 10.2 Å². The Balaban J connectivity index is 2.02. The number of piperidine rings is 1. The van der Waals surface area contributed by atoms with E-state index in [-0.39, 0.29) is 11.8 Å². The molecular formula is C17H24N2O2. The van der Waals surface area contributed by atoms with Gasteiger partial charge in [0.1, 0.15) is 5.41 Å². The highest BCUT2D eigenvalue weighted by atomic mass is 16.2. The summed E-state index contributed by atoms with van der Waals surface area (Å²) >= 11 is 0. The highest BCUT2D eigenvalue weighted by molar-refractivity contribution is 6.09. The maximum atomic E-state index is 12.6. The molecule has 0 bridgehead atoms. The van der Waals surface area contributed by atoms with Gasteiger partial charge in [0, 0.05) is 18.8 Å². The van der Waals surface area contributed by atoms with Gasteiger partial charge in [0.2, 0.25) is 11.8 Å². The van der Waals surface area contributed by atoms with Crippen molar-refractivity contribution in [2.24, 2.45) is 11.3 Å². The Morgan fingerprint density at radius 3 is 2.29 bits per heavy atom. The van der Waals surface area contributed by atoms with Crippen molar-refractivity contribution < 1.29 is 9.59 Å². The summed E-state index contributed by atoms with van der Waals surface area (Å²) < 4.78 is 0. The van der Waals surface area contributed by atoms with Crippen molar-refractivity contribution in [3.63, 3.8) is 0 Å². The van der Waals surface area contributed by atoms with E-state index in [0.717, 1.165) is 31.6 Å². The van der Waals surface area contributed by atoms with Gasteiger partial charge in [-0.1, -0.05) is 25.1 Å². The molecule has 2 amide bonds. The maximum absolute atomic E-state index is 12.6. The zero-order chi connectivity index (χ0) is 15.5. The predicted octanol–water partition coefficient (Wildman–Crippen LogP) is 2.91. The molecule has 4 nitrogen and oxygen atoms in total. The van der Waals surface area contributed by atoms with Crippen LogP contribution in [0.4, 0.5) is 5.69 Å². The van der Waals surface area contributed by atoms with Crippen LogP contribution in [-0.4, -0.2) is 29.8 Å². The first kappa shape index (κ1) is 15.5. The van der Waals surface area contributed by atoms with E-state index in [1.165, 1.54) is 0 Å². The van der Waals surface area contributed by atoms with Gasteiger partial charge >= 0.3 is 0 Å². The molecule has 0 radical (unpaired) electrons. The number of carbonyl (C=O) groups excluding carboxylic acids is 2. The molecule has 1 heterocycles. The molecule has 0 unspecified atom stereocenters. The molecule has 1 saturated heterocycles. The summed E-state index contributed by atoms with van der Waals surface area (Å²) in [5.74, 6) is 0.329. The Hall–Kier alpha value is -1.84. The third-order valence-corrected chi connectivity index (χ3v) is 4.20. The molecule has 0 aliphatic carbocycles. The second-order valence-corrected chi connectivity index (χ2v) is 6.42. The molecule has 1 aromatic carbocycles. The van der Waals surface area contributed by atoms with E-state index in [2.05, 4.69) is 12.2 Å². The normalized spacial score (nSPS) is 16.6. The number of carbonyl (C=O) groups is 2. The number of nitrogens with zero attached hydrogens (tertiary/aromatic N) is 1. The molecule has 0 spiro atoms. The van der Waals surface area contributed by atoms with Crippen LogP contribution >= 0.6 is 0 Å². The minimum Gasteiger partial charge on any atom is -0.342 e. The Labute approximate surface area is 126 Å². The third kappa shape index (κ3) is 3.63. The number of hydrogen-bond donors (Lipinski definition) is 1. The Kier molecular flexibility index (Phi) is 4.66. The summed E-state index contributed by atoms with van der Waals surface area (Å²) in [6.45, 7) is 7.11. The monoisotopic (exact) mass is 288 g/mol. The van der Waals surface area contributed by atoms with Crippen molar-refractivity contribution in [2.75, 3.05) is 18.4 Å². The van der Waals surface area contributed by atoms with Crippen LogP contribution in [0.25, 0.3) is 0 Å². The molecule has 1 fully saturated rings. The number of likely N-dealkylation sites (tertiary alicyclic amines) is 1. The van der Waals surface area contributed by atoms with E-state index in [4.69, 9.17) is 0 Å². The Morgan fingerprint density at radius 2 is 1.71 bits per heavy atom. The Bertz CT molecular complexity index is 503. The molecule has 1 aliphatic heterocycles. The topological polar surface area (TPSA) is 49.4 Å². The minimum atomic E-state index is -1.05. The SMILES string of the molecule is CC1CCN(C(=O)C(C)(C)C(=O)Nc2ccccc2)CC1. The molecule has 1 aromatic rings. The fourth-order valence-electron chi connectivity index (χ4n) is 2.51. The van der Waals surface area contributed by atoms with Gasteiger partial charge in [-0.05, 0) is 44.7 Å². The van der Waals surface area contributed by atoms with Crippen molar-refractivity contribution in [1.82, 2.24) is 4.90 Å². The van der Waals surface area contributed by atoms with Crippen LogP contribution in [0.5, 0.6) is 0 Å². The highest BCUT2D eigenvalue weighted by Crippen LogP contribution is 2.25. The molecule has 0 atom stereocenters. The van der Waals surface area contributed by atoms with Crippen LogP contribution in [-0.2, 0) is 9.59 Å². The lowest BCUT2D eigenvalue weighted by atomic mass is 9.88. The van der Waals surface area contributed by atoms with E-state index in [1.54, 1.807) is 13.8 Å². The largest absolute Gasteiger partial charge is 0.342 e. The molecule has 21 heavy (non-hydrogen) atoms. The van der Waals surface area contributed by atoms with Gasteiger partial charge in [0.05, 0.1) is 0 Å². The molecule has 0 aromatic heterocycles. The molecule has 114 valence electrons. The van der Waals surface area contributed by atoms with Gasteiger partial charge in [-0.25, -0.2) is 0 Å². The summed E-state index contributed by atoms with van der Waals surface area (Å²) in [5, 5.41) is 2.82. The van der Waals surface area contributed by atoms with E-state index >= 15 is 0 Å². The van der Waals surface area contributed by atoms with Crippen LogP contribution in [0.3, 0.4) is 0 Å². The number of hydrogen-bond acceptors (Lipinski definition) is 2. The van der Waals surface area contributed by atoms with Gasteiger partial charge in [-0.3, -0.25) is 9.59 Å². The van der Waals surface area contributed by atoms with Crippen LogP contribution in [0, 0.1) is 11.3 Å². The van der Waals surface area contributed by atoms with Gasteiger partial charge in [0.25, 0.3) is 0 Å². The fourth-order valence-corrected chi connectivity index (χ4v) is 2.51. The quantitative estimate of drug-likeness (QED) is 0.869. The summed E-state index contributed by atoms with van der Waals surface area (Å²) in [5.41, 5.74) is -0.327. The first-order valence-electron chi connectivity index (χ1n) is 7.57. The average molecular weight is 288 g/mol.